The molecule has 0 aromatic heterocycles. The molecule has 8 aromatic carbocycles. The van der Waals surface area contributed by atoms with Gasteiger partial charge in [-0.1, -0.05) is 158 Å². The third-order valence-corrected chi connectivity index (χ3v) is 9.02. The molecule has 0 atom stereocenters. The summed E-state index contributed by atoms with van der Waals surface area (Å²) in [4.78, 5) is 0. The SMILES string of the molecule is c1cc2c3c(cccc3c1)CC2.c1ccc2c(c1)CCC2.c1ccc2cc3ccccc3cc2c1.c1ccc2ccccc2c1. The Kier molecular flexibility index (Phi) is 8.65. The molecule has 0 spiro atoms. The van der Waals surface area contributed by atoms with Crippen LogP contribution < -0.4 is 0 Å². The van der Waals surface area contributed by atoms with Crippen molar-refractivity contribution >= 4 is 43.1 Å². The predicted molar refractivity (Wildman–Crippen MR) is 195 cm³/mol. The van der Waals surface area contributed by atoms with Crippen molar-refractivity contribution in [3.05, 3.63) is 192 Å². The summed E-state index contributed by atoms with van der Waals surface area (Å²) in [6.45, 7) is 0. The lowest BCUT2D eigenvalue weighted by Gasteiger charge is -2.00. The summed E-state index contributed by atoms with van der Waals surface area (Å²) in [7, 11) is 0. The van der Waals surface area contributed by atoms with Gasteiger partial charge < -0.3 is 0 Å². The first-order chi connectivity index (χ1) is 22.3. The molecule has 0 heteroatoms. The standard InChI is InChI=1S/C14H10.C12H10.C10H8.C9H10/c1-2-6-12-10-14-8-4-3-7-13(14)9-11(12)5-1;1-3-9-4-2-6-11-8-7-10(5-1)12(9)11;1-2-6-10-8-4-3-7-9(10)5-1;1-2-5-9-7-3-6-8(9)4-1/h1-10H;1-6H,7-8H2;1-8H;1-2,4-5H,3,6-7H2. The summed E-state index contributed by atoms with van der Waals surface area (Å²) < 4.78 is 0. The molecule has 0 nitrogen and oxygen atoms in total. The van der Waals surface area contributed by atoms with E-state index >= 15 is 0 Å². The number of aryl methyl sites for hydroxylation is 4. The largest absolute Gasteiger partial charge is 0.0620 e. The molecule has 0 radical (unpaired) electrons. The molecule has 0 heterocycles. The molecule has 0 unspecified atom stereocenters. The van der Waals surface area contributed by atoms with Crippen molar-refractivity contribution in [2.75, 3.05) is 0 Å². The van der Waals surface area contributed by atoms with Gasteiger partial charge in [0, 0.05) is 0 Å². The third kappa shape index (κ3) is 6.66. The first kappa shape index (κ1) is 28.6. The Hall–Kier alpha value is -5.20. The van der Waals surface area contributed by atoms with Crippen molar-refractivity contribution in [2.45, 2.75) is 32.1 Å². The second-order valence-corrected chi connectivity index (χ2v) is 11.9. The summed E-state index contributed by atoms with van der Waals surface area (Å²) in [6.07, 6.45) is 6.43. The lowest BCUT2D eigenvalue weighted by atomic mass is 10.0. The van der Waals surface area contributed by atoms with Crippen molar-refractivity contribution in [1.82, 2.24) is 0 Å². The van der Waals surface area contributed by atoms with Gasteiger partial charge in [0.25, 0.3) is 0 Å². The van der Waals surface area contributed by atoms with E-state index in [0.29, 0.717) is 0 Å². The van der Waals surface area contributed by atoms with Gasteiger partial charge >= 0.3 is 0 Å². The minimum atomic E-state index is 1.23. The molecule has 45 heavy (non-hydrogen) atoms. The van der Waals surface area contributed by atoms with Crippen LogP contribution in [0.3, 0.4) is 0 Å². The Labute approximate surface area is 266 Å². The molecule has 2 aliphatic carbocycles. The molecule has 0 saturated carbocycles. The van der Waals surface area contributed by atoms with Gasteiger partial charge in [-0.15, -0.1) is 0 Å². The van der Waals surface area contributed by atoms with E-state index in [2.05, 4.69) is 170 Å². The van der Waals surface area contributed by atoms with E-state index < -0.39 is 0 Å². The van der Waals surface area contributed by atoms with E-state index in [1.54, 1.807) is 11.1 Å². The van der Waals surface area contributed by atoms with E-state index in [1.165, 1.54) is 86.3 Å². The number of fused-ring (bicyclic) bond motifs is 4. The maximum Gasteiger partial charge on any atom is -0.0120 e. The highest BCUT2D eigenvalue weighted by Gasteiger charge is 2.12. The van der Waals surface area contributed by atoms with Gasteiger partial charge in [0.2, 0.25) is 0 Å². The Bertz CT molecular complexity index is 1970. The molecule has 0 bridgehead atoms. The van der Waals surface area contributed by atoms with Crippen LogP contribution in [0.2, 0.25) is 0 Å². The predicted octanol–water partition coefficient (Wildman–Crippen LogP) is 11.9. The van der Waals surface area contributed by atoms with Crippen molar-refractivity contribution in [3.63, 3.8) is 0 Å². The molecule has 2 aliphatic rings. The van der Waals surface area contributed by atoms with Gasteiger partial charge in [0.1, 0.15) is 0 Å². The average Bonchev–Trinajstić information content (AvgIpc) is 3.77. The van der Waals surface area contributed by atoms with Crippen molar-refractivity contribution < 1.29 is 0 Å². The van der Waals surface area contributed by atoms with Crippen molar-refractivity contribution in [1.29, 1.82) is 0 Å². The zero-order chi connectivity index (χ0) is 30.3. The highest BCUT2D eigenvalue weighted by Crippen LogP contribution is 2.30. The normalized spacial score (nSPS) is 12.4. The molecule has 0 amide bonds. The van der Waals surface area contributed by atoms with Gasteiger partial charge in [0.05, 0.1) is 0 Å². The fourth-order valence-corrected chi connectivity index (χ4v) is 6.72. The zero-order valence-electron chi connectivity index (χ0n) is 25.7. The molecule has 0 saturated heterocycles. The first-order valence-electron chi connectivity index (χ1n) is 16.2. The number of rotatable bonds is 0. The summed E-state index contributed by atoms with van der Waals surface area (Å²) >= 11 is 0. The second-order valence-electron chi connectivity index (χ2n) is 11.9. The zero-order valence-corrected chi connectivity index (χ0v) is 25.7. The fourth-order valence-electron chi connectivity index (χ4n) is 6.72. The van der Waals surface area contributed by atoms with Gasteiger partial charge in [-0.05, 0) is 110 Å². The monoisotopic (exact) mass is 578 g/mol. The number of benzene rings is 8. The topological polar surface area (TPSA) is 0 Å². The lowest BCUT2D eigenvalue weighted by Crippen LogP contribution is -1.77. The summed E-state index contributed by atoms with van der Waals surface area (Å²) in [5.41, 5.74) is 6.20. The quantitative estimate of drug-likeness (QED) is 0.157. The molecule has 0 N–H and O–H groups in total. The van der Waals surface area contributed by atoms with E-state index in [-0.39, 0.29) is 0 Å². The van der Waals surface area contributed by atoms with E-state index in [1.807, 2.05) is 0 Å². The highest BCUT2D eigenvalue weighted by molar-refractivity contribution is 5.98. The molecule has 0 aliphatic heterocycles. The Balaban J connectivity index is 0.0000000977. The van der Waals surface area contributed by atoms with Crippen LogP contribution in [-0.2, 0) is 25.7 Å². The maximum atomic E-state index is 2.25. The van der Waals surface area contributed by atoms with Crippen LogP contribution in [0.15, 0.2) is 170 Å². The van der Waals surface area contributed by atoms with Crippen molar-refractivity contribution in [3.8, 4) is 0 Å². The number of hydrogen-bond donors (Lipinski definition) is 0. The fraction of sp³-hybridized carbons (Fsp3) is 0.111. The van der Waals surface area contributed by atoms with E-state index in [9.17, 15) is 0 Å². The smallest absolute Gasteiger partial charge is 0.0120 e. The molecule has 10 rings (SSSR count). The number of hydrogen-bond acceptors (Lipinski definition) is 0. The summed E-state index contributed by atoms with van der Waals surface area (Å²) in [5, 5.41) is 10.8. The summed E-state index contributed by atoms with van der Waals surface area (Å²) in [5.74, 6) is 0. The molecule has 8 aromatic rings. The van der Waals surface area contributed by atoms with Crippen LogP contribution in [0.25, 0.3) is 43.1 Å². The summed E-state index contributed by atoms with van der Waals surface area (Å²) in [6, 6.07) is 60.1. The van der Waals surface area contributed by atoms with Crippen LogP contribution in [0.1, 0.15) is 28.7 Å². The Morgan fingerprint density at radius 1 is 0.244 bits per heavy atom. The molecular formula is C45H38. The first-order valence-corrected chi connectivity index (χ1v) is 16.2. The van der Waals surface area contributed by atoms with Crippen LogP contribution in [0.5, 0.6) is 0 Å². The van der Waals surface area contributed by atoms with Crippen LogP contribution in [0, 0.1) is 0 Å². The van der Waals surface area contributed by atoms with Gasteiger partial charge in [-0.25, -0.2) is 0 Å². The van der Waals surface area contributed by atoms with Gasteiger partial charge in [-0.2, -0.15) is 0 Å². The molecular weight excluding hydrogens is 540 g/mol. The average molecular weight is 579 g/mol. The van der Waals surface area contributed by atoms with Gasteiger partial charge in [-0.3, -0.25) is 0 Å². The van der Waals surface area contributed by atoms with E-state index in [4.69, 9.17) is 0 Å². The van der Waals surface area contributed by atoms with Crippen LogP contribution in [-0.4, -0.2) is 0 Å². The highest BCUT2D eigenvalue weighted by atomic mass is 14.2. The molecule has 0 fully saturated rings. The molecule has 218 valence electrons. The van der Waals surface area contributed by atoms with E-state index in [0.717, 1.165) is 0 Å². The van der Waals surface area contributed by atoms with Crippen LogP contribution >= 0.6 is 0 Å². The third-order valence-electron chi connectivity index (χ3n) is 9.02. The second kappa shape index (κ2) is 13.6. The maximum absolute atomic E-state index is 2.25. The minimum Gasteiger partial charge on any atom is -0.0620 e. The lowest BCUT2D eigenvalue weighted by molar-refractivity contribution is 0.912. The van der Waals surface area contributed by atoms with Gasteiger partial charge in [0.15, 0.2) is 0 Å². The van der Waals surface area contributed by atoms with Crippen molar-refractivity contribution in [2.24, 2.45) is 0 Å². The Morgan fingerprint density at radius 3 is 0.956 bits per heavy atom. The van der Waals surface area contributed by atoms with Crippen LogP contribution in [0.4, 0.5) is 0 Å². The minimum absolute atomic E-state index is 1.23. The Morgan fingerprint density at radius 2 is 0.556 bits per heavy atom.